The minimum absolute atomic E-state index is 1.32. The van der Waals surface area contributed by atoms with Gasteiger partial charge in [0.1, 0.15) is 26.2 Å². The molecule has 0 saturated carbocycles. The lowest BCUT2D eigenvalue weighted by atomic mass is 10.4. The van der Waals surface area contributed by atoms with Gasteiger partial charge in [0.25, 0.3) is 0 Å². The maximum atomic E-state index is 8.89. The predicted octanol–water partition coefficient (Wildman–Crippen LogP) is -3.88. The van der Waals surface area contributed by atoms with Crippen LogP contribution >= 0.6 is 0 Å². The van der Waals surface area contributed by atoms with Crippen LogP contribution in [0.2, 0.25) is 0 Å². The summed E-state index contributed by atoms with van der Waals surface area (Å²) in [5.41, 5.74) is 0. The first kappa shape index (κ1) is 11.2. The van der Waals surface area contributed by atoms with E-state index in [1.165, 1.54) is 26.2 Å². The zero-order valence-corrected chi connectivity index (χ0v) is 7.66. The van der Waals surface area contributed by atoms with Crippen LogP contribution in [0.4, 0.5) is 0 Å². The molecular weight excluding hydrogens is 188 g/mol. The summed E-state index contributed by atoms with van der Waals surface area (Å²) in [5.74, 6) is 0. The van der Waals surface area contributed by atoms with Crippen LogP contribution in [0.25, 0.3) is 0 Å². The Kier molecular flexibility index (Phi) is 5.92. The van der Waals surface area contributed by atoms with Crippen molar-refractivity contribution in [1.29, 1.82) is 0 Å². The highest BCUT2D eigenvalue weighted by molar-refractivity contribution is 8.26. The summed E-state index contributed by atoms with van der Waals surface area (Å²) in [7, 11) is -4.33. The predicted molar refractivity (Wildman–Crippen MR) is 40.4 cm³/mol. The first-order valence-electron chi connectivity index (χ1n) is 3.30. The lowest BCUT2D eigenvalue weighted by molar-refractivity contribution is -0.787. The van der Waals surface area contributed by atoms with Gasteiger partial charge in [-0.3, -0.25) is 4.21 Å². The molecule has 0 aromatic carbocycles. The van der Waals surface area contributed by atoms with E-state index in [4.69, 9.17) is 13.3 Å². The minimum Gasteiger partial charge on any atom is -0.780 e. The number of quaternary nitrogens is 2. The van der Waals surface area contributed by atoms with Gasteiger partial charge in [0.2, 0.25) is 0 Å². The van der Waals surface area contributed by atoms with Crippen LogP contribution in [0.5, 0.6) is 0 Å². The summed E-state index contributed by atoms with van der Waals surface area (Å²) >= 11 is 3.24. The molecule has 0 aliphatic carbocycles. The number of rotatable bonds is 0. The molecule has 0 radical (unpaired) electrons. The maximum Gasteiger partial charge on any atom is 0.125 e. The van der Waals surface area contributed by atoms with E-state index < -0.39 is 9.05 Å². The fraction of sp³-hybridized carbons (Fsp3) is 1.00. The number of hydrogen-bond donors (Lipinski definition) is 2. The number of hydrogen-bond acceptors (Lipinski definition) is 4. The molecule has 0 aromatic heterocycles. The van der Waals surface area contributed by atoms with Crippen LogP contribution in [-0.4, -0.2) is 39.5 Å². The van der Waals surface area contributed by atoms with Crippen LogP contribution in [0, 0.1) is 0 Å². The molecule has 0 atom stereocenters. The molecule has 11 heavy (non-hydrogen) atoms. The highest BCUT2D eigenvalue weighted by Crippen LogP contribution is 1.60. The minimum atomic E-state index is -4.33. The van der Waals surface area contributed by atoms with Crippen LogP contribution in [-0.2, 0) is 20.2 Å². The van der Waals surface area contributed by atoms with Crippen LogP contribution in [0.3, 0.4) is 0 Å². The molecule has 1 saturated heterocycles. The lowest BCUT2D eigenvalue weighted by Gasteiger charge is -2.12. The molecule has 68 valence electrons. The lowest BCUT2D eigenvalue weighted by Crippen LogP contribution is -3.04. The SMILES string of the molecule is C1C[NH2+]CC[NH2+]1.O=S([O-])([O-])=S. The normalized spacial score (nSPS) is 18.4. The van der Waals surface area contributed by atoms with Gasteiger partial charge in [0.15, 0.2) is 0 Å². The van der Waals surface area contributed by atoms with E-state index in [1.807, 2.05) is 0 Å². The standard InChI is InChI=1S/C4H10N2.H2O3S2/c1-2-6-4-3-5-1;1-5(2,3)4/h5-6H,1-4H2;(H2,1,2,3,4). The molecule has 0 unspecified atom stereocenters. The van der Waals surface area contributed by atoms with E-state index in [9.17, 15) is 0 Å². The van der Waals surface area contributed by atoms with Crippen molar-refractivity contribution in [3.05, 3.63) is 0 Å². The first-order valence-corrected chi connectivity index (χ1v) is 5.63. The second-order valence-corrected chi connectivity index (χ2v) is 4.18. The summed E-state index contributed by atoms with van der Waals surface area (Å²) in [6, 6.07) is 0. The van der Waals surface area contributed by atoms with Crippen molar-refractivity contribution >= 4 is 20.2 Å². The van der Waals surface area contributed by atoms with Crippen LogP contribution < -0.4 is 10.6 Å². The van der Waals surface area contributed by atoms with Gasteiger partial charge in [-0.25, -0.2) is 0 Å². The second-order valence-electron chi connectivity index (χ2n) is 2.14. The Labute approximate surface area is 70.9 Å². The molecule has 0 aromatic rings. The molecule has 1 aliphatic heterocycles. The average Bonchev–Trinajstić information content (AvgIpc) is 1.88. The first-order chi connectivity index (χ1) is 5.00. The summed E-state index contributed by atoms with van der Waals surface area (Å²) in [6.45, 7) is 5.28. The van der Waals surface area contributed by atoms with Gasteiger partial charge >= 0.3 is 0 Å². The van der Waals surface area contributed by atoms with Crippen LogP contribution in [0.15, 0.2) is 0 Å². The number of piperazine rings is 1. The van der Waals surface area contributed by atoms with Crippen molar-refractivity contribution in [2.75, 3.05) is 26.2 Å². The smallest absolute Gasteiger partial charge is 0.125 e. The quantitative estimate of drug-likeness (QED) is 0.418. The molecule has 1 aliphatic rings. The summed E-state index contributed by atoms with van der Waals surface area (Å²) in [6.07, 6.45) is 0. The van der Waals surface area contributed by atoms with Crippen molar-refractivity contribution < 1.29 is 23.9 Å². The van der Waals surface area contributed by atoms with Crippen molar-refractivity contribution in [2.24, 2.45) is 0 Å². The van der Waals surface area contributed by atoms with E-state index in [0.29, 0.717) is 0 Å². The summed E-state index contributed by atoms with van der Waals surface area (Å²) in [4.78, 5) is 0. The van der Waals surface area contributed by atoms with Crippen molar-refractivity contribution in [3.8, 4) is 0 Å². The monoisotopic (exact) mass is 200 g/mol. The van der Waals surface area contributed by atoms with Gasteiger partial charge in [0, 0.05) is 0 Å². The van der Waals surface area contributed by atoms with E-state index in [-0.39, 0.29) is 0 Å². The molecule has 0 bridgehead atoms. The Morgan fingerprint density at radius 1 is 1.09 bits per heavy atom. The second kappa shape index (κ2) is 5.81. The van der Waals surface area contributed by atoms with E-state index >= 15 is 0 Å². The Balaban J connectivity index is 0.000000187. The highest BCUT2D eigenvalue weighted by atomic mass is 32.9. The molecule has 7 heteroatoms. The fourth-order valence-electron chi connectivity index (χ4n) is 0.760. The third kappa shape index (κ3) is 17.8. The molecule has 1 rings (SSSR count). The largest absolute Gasteiger partial charge is 0.780 e. The maximum absolute atomic E-state index is 8.89. The molecule has 1 heterocycles. The zero-order chi connectivity index (χ0) is 8.74. The van der Waals surface area contributed by atoms with Gasteiger partial charge in [0.05, 0.1) is 0 Å². The third-order valence-electron chi connectivity index (χ3n) is 1.15. The molecule has 5 nitrogen and oxygen atoms in total. The molecular formula is C4H12N2O3S2. The van der Waals surface area contributed by atoms with Gasteiger partial charge in [-0.15, -0.1) is 9.05 Å². The summed E-state index contributed by atoms with van der Waals surface area (Å²) < 4.78 is 26.7. The highest BCUT2D eigenvalue weighted by Gasteiger charge is 1.99. The molecule has 0 amide bonds. The van der Waals surface area contributed by atoms with Crippen molar-refractivity contribution in [1.82, 2.24) is 0 Å². The van der Waals surface area contributed by atoms with Gasteiger partial charge in [-0.1, -0.05) is 0 Å². The molecule has 4 N–H and O–H groups in total. The van der Waals surface area contributed by atoms with E-state index in [0.717, 1.165) is 0 Å². The summed E-state index contributed by atoms with van der Waals surface area (Å²) in [5, 5.41) is 4.72. The number of nitrogens with two attached hydrogens (primary N) is 2. The topological polar surface area (TPSA) is 96.4 Å². The van der Waals surface area contributed by atoms with E-state index in [2.05, 4.69) is 21.8 Å². The average molecular weight is 200 g/mol. The fourth-order valence-corrected chi connectivity index (χ4v) is 0.760. The Morgan fingerprint density at radius 3 is 1.36 bits per heavy atom. The molecule has 0 spiro atoms. The third-order valence-corrected chi connectivity index (χ3v) is 1.15. The molecule has 1 fully saturated rings. The van der Waals surface area contributed by atoms with E-state index in [1.54, 1.807) is 0 Å². The Hall–Kier alpha value is 0.210. The van der Waals surface area contributed by atoms with Gasteiger partial charge < -0.3 is 19.7 Å². The zero-order valence-electron chi connectivity index (χ0n) is 6.02. The Bertz CT molecular complexity index is 156. The van der Waals surface area contributed by atoms with Crippen molar-refractivity contribution in [2.45, 2.75) is 0 Å². The van der Waals surface area contributed by atoms with Gasteiger partial charge in [-0.05, 0) is 11.2 Å². The van der Waals surface area contributed by atoms with Crippen LogP contribution in [0.1, 0.15) is 0 Å². The van der Waals surface area contributed by atoms with Gasteiger partial charge in [-0.2, -0.15) is 0 Å². The Morgan fingerprint density at radius 2 is 1.27 bits per heavy atom. The van der Waals surface area contributed by atoms with Crippen molar-refractivity contribution in [3.63, 3.8) is 0 Å².